The van der Waals surface area contributed by atoms with Crippen molar-refractivity contribution in [2.24, 2.45) is 0 Å². The average molecular weight is 238 g/mol. The van der Waals surface area contributed by atoms with Crippen molar-refractivity contribution in [3.05, 3.63) is 18.3 Å². The molecule has 1 fully saturated rings. The summed E-state index contributed by atoms with van der Waals surface area (Å²) >= 11 is 0. The summed E-state index contributed by atoms with van der Waals surface area (Å²) < 4.78 is 10.7. The predicted octanol–water partition coefficient (Wildman–Crippen LogP) is 0.676. The first-order chi connectivity index (χ1) is 8.22. The highest BCUT2D eigenvalue weighted by Crippen LogP contribution is 2.22. The second kappa shape index (κ2) is 5.33. The molecule has 2 atom stereocenters. The van der Waals surface area contributed by atoms with Gasteiger partial charge in [0.2, 0.25) is 5.88 Å². The van der Waals surface area contributed by atoms with Crippen molar-refractivity contribution in [2.75, 3.05) is 31.7 Å². The summed E-state index contributed by atoms with van der Waals surface area (Å²) in [4.78, 5) is 6.26. The maximum atomic E-state index is 9.19. The van der Waals surface area contributed by atoms with Gasteiger partial charge in [0.05, 0.1) is 25.9 Å². The highest BCUT2D eigenvalue weighted by Gasteiger charge is 2.25. The van der Waals surface area contributed by atoms with Gasteiger partial charge in [-0.3, -0.25) is 0 Å². The fourth-order valence-electron chi connectivity index (χ4n) is 2.06. The van der Waals surface area contributed by atoms with Crippen molar-refractivity contribution in [3.63, 3.8) is 0 Å². The van der Waals surface area contributed by atoms with E-state index >= 15 is 0 Å². The predicted molar refractivity (Wildman–Crippen MR) is 64.4 cm³/mol. The van der Waals surface area contributed by atoms with Crippen LogP contribution in [-0.2, 0) is 4.74 Å². The number of aliphatic hydroxyl groups is 1. The third-order valence-corrected chi connectivity index (χ3v) is 2.82. The molecule has 2 heterocycles. The van der Waals surface area contributed by atoms with Crippen LogP contribution in [0.4, 0.5) is 5.69 Å². The average Bonchev–Trinajstić information content (AvgIpc) is 2.38. The summed E-state index contributed by atoms with van der Waals surface area (Å²) in [7, 11) is 1.60. The van der Waals surface area contributed by atoms with Gasteiger partial charge in [0.25, 0.3) is 0 Å². The molecule has 0 spiro atoms. The van der Waals surface area contributed by atoms with E-state index in [0.717, 1.165) is 12.2 Å². The van der Waals surface area contributed by atoms with Crippen molar-refractivity contribution in [1.29, 1.82) is 0 Å². The van der Waals surface area contributed by atoms with Gasteiger partial charge in [0.1, 0.15) is 0 Å². The Morgan fingerprint density at radius 2 is 2.41 bits per heavy atom. The summed E-state index contributed by atoms with van der Waals surface area (Å²) in [6.07, 6.45) is 1.71. The molecule has 1 aromatic rings. The van der Waals surface area contributed by atoms with Crippen LogP contribution in [0, 0.1) is 0 Å². The van der Waals surface area contributed by atoms with Gasteiger partial charge in [0, 0.05) is 31.0 Å². The smallest absolute Gasteiger partial charge is 0.214 e. The molecule has 0 aromatic carbocycles. The van der Waals surface area contributed by atoms with E-state index in [0.29, 0.717) is 12.4 Å². The van der Waals surface area contributed by atoms with Crippen LogP contribution in [-0.4, -0.2) is 49.1 Å². The Kier molecular flexibility index (Phi) is 3.81. The fraction of sp³-hybridized carbons (Fsp3) is 0.583. The molecular formula is C12H18N2O3. The third kappa shape index (κ3) is 2.87. The lowest BCUT2D eigenvalue weighted by Gasteiger charge is -2.37. The fourth-order valence-corrected chi connectivity index (χ4v) is 2.06. The van der Waals surface area contributed by atoms with E-state index in [9.17, 15) is 5.11 Å². The van der Waals surface area contributed by atoms with E-state index in [1.807, 2.05) is 19.1 Å². The van der Waals surface area contributed by atoms with Gasteiger partial charge in [-0.15, -0.1) is 0 Å². The minimum absolute atomic E-state index is 0.0447. The molecule has 94 valence electrons. The molecule has 0 bridgehead atoms. The molecule has 2 unspecified atom stereocenters. The lowest BCUT2D eigenvalue weighted by molar-refractivity contribution is -0.0421. The van der Waals surface area contributed by atoms with Crippen LogP contribution >= 0.6 is 0 Å². The third-order valence-electron chi connectivity index (χ3n) is 2.82. The van der Waals surface area contributed by atoms with Gasteiger partial charge in [0.15, 0.2) is 0 Å². The second-order valence-corrected chi connectivity index (χ2v) is 4.21. The molecule has 1 aliphatic rings. The number of rotatable bonds is 3. The first-order valence-electron chi connectivity index (χ1n) is 5.74. The van der Waals surface area contributed by atoms with Gasteiger partial charge < -0.3 is 19.5 Å². The van der Waals surface area contributed by atoms with E-state index in [-0.39, 0.29) is 18.8 Å². The number of methoxy groups -OCH3 is 1. The van der Waals surface area contributed by atoms with E-state index in [1.165, 1.54) is 0 Å². The minimum atomic E-state index is -0.127. The summed E-state index contributed by atoms with van der Waals surface area (Å²) in [6, 6.07) is 3.83. The SMILES string of the molecule is COc1cc(N2CC(C)OC(CO)C2)ccn1. The van der Waals surface area contributed by atoms with Crippen molar-refractivity contribution >= 4 is 5.69 Å². The van der Waals surface area contributed by atoms with Crippen LogP contribution in [0.1, 0.15) is 6.92 Å². The van der Waals surface area contributed by atoms with Crippen molar-refractivity contribution < 1.29 is 14.6 Å². The minimum Gasteiger partial charge on any atom is -0.481 e. The van der Waals surface area contributed by atoms with Crippen LogP contribution in [0.2, 0.25) is 0 Å². The maximum absolute atomic E-state index is 9.19. The summed E-state index contributed by atoms with van der Waals surface area (Å²) in [6.45, 7) is 3.55. The number of anilines is 1. The van der Waals surface area contributed by atoms with Crippen LogP contribution in [0.15, 0.2) is 18.3 Å². The molecule has 1 aromatic heterocycles. The molecule has 0 radical (unpaired) electrons. The Morgan fingerprint density at radius 1 is 1.59 bits per heavy atom. The Bertz CT molecular complexity index is 373. The first kappa shape index (κ1) is 12.1. The van der Waals surface area contributed by atoms with Crippen LogP contribution in [0.3, 0.4) is 0 Å². The number of ether oxygens (including phenoxy) is 2. The lowest BCUT2D eigenvalue weighted by atomic mass is 10.2. The molecule has 1 saturated heterocycles. The normalized spacial score (nSPS) is 24.8. The standard InChI is InChI=1S/C12H18N2O3/c1-9-6-14(7-11(8-15)17-9)10-3-4-13-12(5-10)16-2/h3-5,9,11,15H,6-8H2,1-2H3. The summed E-state index contributed by atoms with van der Waals surface area (Å²) in [5.74, 6) is 0.599. The topological polar surface area (TPSA) is 54.8 Å². The van der Waals surface area contributed by atoms with Gasteiger partial charge in [-0.25, -0.2) is 4.98 Å². The van der Waals surface area contributed by atoms with E-state index in [4.69, 9.17) is 9.47 Å². The lowest BCUT2D eigenvalue weighted by Crippen LogP contribution is -2.48. The number of pyridine rings is 1. The summed E-state index contributed by atoms with van der Waals surface area (Å²) in [5.41, 5.74) is 1.05. The molecule has 1 N–H and O–H groups in total. The number of aliphatic hydroxyl groups excluding tert-OH is 1. The molecule has 17 heavy (non-hydrogen) atoms. The zero-order valence-corrected chi connectivity index (χ0v) is 10.2. The van der Waals surface area contributed by atoms with Crippen LogP contribution in [0.5, 0.6) is 5.88 Å². The van der Waals surface area contributed by atoms with E-state index < -0.39 is 0 Å². The number of hydrogen-bond acceptors (Lipinski definition) is 5. The summed E-state index contributed by atoms with van der Waals surface area (Å²) in [5, 5.41) is 9.19. The number of morpholine rings is 1. The van der Waals surface area contributed by atoms with Gasteiger partial charge in [-0.05, 0) is 13.0 Å². The largest absolute Gasteiger partial charge is 0.481 e. The Labute approximate surface area is 101 Å². The zero-order valence-electron chi connectivity index (χ0n) is 10.2. The highest BCUT2D eigenvalue weighted by molar-refractivity contribution is 5.48. The van der Waals surface area contributed by atoms with Crippen molar-refractivity contribution in [1.82, 2.24) is 4.98 Å². The Balaban J connectivity index is 2.14. The molecule has 0 amide bonds. The second-order valence-electron chi connectivity index (χ2n) is 4.21. The van der Waals surface area contributed by atoms with Crippen LogP contribution < -0.4 is 9.64 Å². The Hall–Kier alpha value is -1.33. The molecule has 0 saturated carbocycles. The number of hydrogen-bond donors (Lipinski definition) is 1. The highest BCUT2D eigenvalue weighted by atomic mass is 16.5. The molecule has 1 aliphatic heterocycles. The quantitative estimate of drug-likeness (QED) is 0.839. The molecule has 5 nitrogen and oxygen atoms in total. The first-order valence-corrected chi connectivity index (χ1v) is 5.74. The van der Waals surface area contributed by atoms with E-state index in [1.54, 1.807) is 13.3 Å². The monoisotopic (exact) mass is 238 g/mol. The van der Waals surface area contributed by atoms with Crippen molar-refractivity contribution in [3.8, 4) is 5.88 Å². The van der Waals surface area contributed by atoms with Crippen LogP contribution in [0.25, 0.3) is 0 Å². The zero-order chi connectivity index (χ0) is 12.3. The number of nitrogens with zero attached hydrogens (tertiary/aromatic N) is 2. The van der Waals surface area contributed by atoms with Crippen molar-refractivity contribution in [2.45, 2.75) is 19.1 Å². The molecule has 2 rings (SSSR count). The Morgan fingerprint density at radius 3 is 3.12 bits per heavy atom. The van der Waals surface area contributed by atoms with Gasteiger partial charge >= 0.3 is 0 Å². The van der Waals surface area contributed by atoms with Gasteiger partial charge in [-0.1, -0.05) is 0 Å². The van der Waals surface area contributed by atoms with E-state index in [2.05, 4.69) is 9.88 Å². The maximum Gasteiger partial charge on any atom is 0.214 e. The molecule has 5 heteroatoms. The molecular weight excluding hydrogens is 220 g/mol. The van der Waals surface area contributed by atoms with Gasteiger partial charge in [-0.2, -0.15) is 0 Å². The molecule has 0 aliphatic carbocycles. The number of aromatic nitrogens is 1.